The second-order valence-corrected chi connectivity index (χ2v) is 7.51. The molecule has 0 bridgehead atoms. The van der Waals surface area contributed by atoms with Gasteiger partial charge in [-0.2, -0.15) is 10.4 Å². The van der Waals surface area contributed by atoms with Crippen LogP contribution >= 0.6 is 34.2 Å². The van der Waals surface area contributed by atoms with E-state index in [9.17, 15) is 0 Å². The maximum absolute atomic E-state index is 9.06. The summed E-state index contributed by atoms with van der Waals surface area (Å²) in [5.41, 5.74) is 3.29. The molecule has 1 fully saturated rings. The molecule has 0 aliphatic carbocycles. The number of alkyl halides is 1. The zero-order valence-corrected chi connectivity index (χ0v) is 14.7. The average molecular weight is 416 g/mol. The third kappa shape index (κ3) is 2.43. The highest BCUT2D eigenvalue weighted by atomic mass is 127. The fourth-order valence-electron chi connectivity index (χ4n) is 3.09. The van der Waals surface area contributed by atoms with Gasteiger partial charge >= 0.3 is 0 Å². The summed E-state index contributed by atoms with van der Waals surface area (Å²) in [4.78, 5) is 0. The summed E-state index contributed by atoms with van der Waals surface area (Å²) in [7, 11) is 1.73. The summed E-state index contributed by atoms with van der Waals surface area (Å²) in [5, 5.41) is 16.5. The predicted octanol–water partition coefficient (Wildman–Crippen LogP) is 3.13. The first-order valence-corrected chi connectivity index (χ1v) is 8.40. The molecule has 110 valence electrons. The second-order valence-electron chi connectivity index (χ2n) is 5.38. The molecular weight excluding hydrogens is 401 g/mol. The molecule has 1 saturated heterocycles. The molecule has 0 radical (unpaired) electrons. The third-order valence-electron chi connectivity index (χ3n) is 4.16. The number of nitrogens with zero attached hydrogens (tertiary/aromatic N) is 3. The van der Waals surface area contributed by atoms with E-state index in [1.165, 1.54) is 0 Å². The van der Waals surface area contributed by atoms with Crippen LogP contribution in [0.3, 0.4) is 0 Å². The van der Waals surface area contributed by atoms with Crippen LogP contribution in [0.4, 0.5) is 0 Å². The number of hydrogen-bond acceptors (Lipinski definition) is 4. The van der Waals surface area contributed by atoms with E-state index in [1.807, 2.05) is 13.0 Å². The van der Waals surface area contributed by atoms with E-state index >= 15 is 0 Å². The van der Waals surface area contributed by atoms with Crippen molar-refractivity contribution in [1.82, 2.24) is 5.01 Å². The Bertz CT molecular complexity index is 655. The summed E-state index contributed by atoms with van der Waals surface area (Å²) >= 11 is 8.74. The van der Waals surface area contributed by atoms with Crippen LogP contribution in [-0.4, -0.2) is 40.4 Å². The SMILES string of the molecule is COC1C(c2ccc(C#N)c(Cl)c2C)=NN2CC(I)CC12. The summed E-state index contributed by atoms with van der Waals surface area (Å²) in [5.74, 6) is 0. The highest BCUT2D eigenvalue weighted by Gasteiger charge is 2.44. The van der Waals surface area contributed by atoms with E-state index in [0.717, 1.165) is 29.8 Å². The average Bonchev–Trinajstić information content (AvgIpc) is 2.97. The lowest BCUT2D eigenvalue weighted by atomic mass is 9.95. The summed E-state index contributed by atoms with van der Waals surface area (Å²) < 4.78 is 6.32. The van der Waals surface area contributed by atoms with Gasteiger partial charge < -0.3 is 4.74 Å². The number of benzene rings is 1. The van der Waals surface area contributed by atoms with Gasteiger partial charge in [0.2, 0.25) is 0 Å². The van der Waals surface area contributed by atoms with Gasteiger partial charge in [-0.1, -0.05) is 40.3 Å². The molecule has 3 unspecified atom stereocenters. The number of fused-ring (bicyclic) bond motifs is 1. The summed E-state index contributed by atoms with van der Waals surface area (Å²) in [6, 6.07) is 6.10. The topological polar surface area (TPSA) is 48.6 Å². The predicted molar refractivity (Wildman–Crippen MR) is 91.2 cm³/mol. The molecular formula is C15H15ClIN3O. The Hall–Kier alpha value is -0.840. The normalized spacial score (nSPS) is 27.5. The van der Waals surface area contributed by atoms with Crippen LogP contribution < -0.4 is 0 Å². The van der Waals surface area contributed by atoms with Gasteiger partial charge in [-0.25, -0.2) is 0 Å². The molecule has 0 saturated carbocycles. The van der Waals surface area contributed by atoms with Crippen molar-refractivity contribution < 1.29 is 4.74 Å². The summed E-state index contributed by atoms with van der Waals surface area (Å²) in [6.45, 7) is 2.88. The largest absolute Gasteiger partial charge is 0.373 e. The lowest BCUT2D eigenvalue weighted by Gasteiger charge is -2.20. The lowest BCUT2D eigenvalue weighted by molar-refractivity contribution is 0.0987. The first-order chi connectivity index (χ1) is 10.1. The van der Waals surface area contributed by atoms with Crippen molar-refractivity contribution in [2.45, 2.75) is 29.4 Å². The molecule has 2 heterocycles. The second kappa shape index (κ2) is 5.75. The van der Waals surface area contributed by atoms with Gasteiger partial charge in [-0.3, -0.25) is 5.01 Å². The molecule has 6 heteroatoms. The number of nitriles is 1. The molecule has 4 nitrogen and oxygen atoms in total. The van der Waals surface area contributed by atoms with Gasteiger partial charge in [0.25, 0.3) is 0 Å². The Morgan fingerprint density at radius 1 is 1.52 bits per heavy atom. The van der Waals surface area contributed by atoms with Gasteiger partial charge in [0.05, 0.1) is 22.3 Å². The Labute approximate surface area is 142 Å². The van der Waals surface area contributed by atoms with Crippen molar-refractivity contribution in [3.05, 3.63) is 33.8 Å². The van der Waals surface area contributed by atoms with Crippen LogP contribution in [0.5, 0.6) is 0 Å². The van der Waals surface area contributed by atoms with Gasteiger partial charge in [0.1, 0.15) is 12.2 Å². The van der Waals surface area contributed by atoms with Crippen LogP contribution in [0.15, 0.2) is 17.2 Å². The zero-order chi connectivity index (χ0) is 15.1. The number of ether oxygens (including phenoxy) is 1. The van der Waals surface area contributed by atoms with Crippen molar-refractivity contribution in [3.63, 3.8) is 0 Å². The lowest BCUT2D eigenvalue weighted by Crippen LogP contribution is -2.35. The van der Waals surface area contributed by atoms with Crippen LogP contribution in [0.2, 0.25) is 5.02 Å². The Balaban J connectivity index is 2.03. The minimum absolute atomic E-state index is 0.0348. The van der Waals surface area contributed by atoms with E-state index < -0.39 is 0 Å². The number of rotatable bonds is 2. The molecule has 1 aromatic rings. The van der Waals surface area contributed by atoms with Crippen molar-refractivity contribution >= 4 is 39.9 Å². The third-order valence-corrected chi connectivity index (χ3v) is 5.55. The molecule has 0 N–H and O–H groups in total. The fourth-order valence-corrected chi connectivity index (χ4v) is 4.23. The van der Waals surface area contributed by atoms with E-state index in [0.29, 0.717) is 20.6 Å². The number of hydrogen-bond donors (Lipinski definition) is 0. The fraction of sp³-hybridized carbons (Fsp3) is 0.467. The molecule has 2 aliphatic heterocycles. The van der Waals surface area contributed by atoms with Gasteiger partial charge in [-0.15, -0.1) is 0 Å². The highest BCUT2D eigenvalue weighted by molar-refractivity contribution is 14.1. The Morgan fingerprint density at radius 3 is 2.95 bits per heavy atom. The quantitative estimate of drug-likeness (QED) is 0.551. The van der Waals surface area contributed by atoms with E-state index in [-0.39, 0.29) is 6.10 Å². The molecule has 1 aromatic carbocycles. The highest BCUT2D eigenvalue weighted by Crippen LogP contribution is 2.35. The van der Waals surface area contributed by atoms with Gasteiger partial charge in [0.15, 0.2) is 0 Å². The molecule has 0 aromatic heterocycles. The van der Waals surface area contributed by atoms with E-state index in [2.05, 4.69) is 33.7 Å². The van der Waals surface area contributed by atoms with Crippen molar-refractivity contribution in [3.8, 4) is 6.07 Å². The van der Waals surface area contributed by atoms with Crippen LogP contribution in [0.25, 0.3) is 0 Å². The Kier molecular flexibility index (Phi) is 4.12. The number of halogens is 2. The van der Waals surface area contributed by atoms with Crippen molar-refractivity contribution in [2.24, 2.45) is 5.10 Å². The monoisotopic (exact) mass is 415 g/mol. The van der Waals surface area contributed by atoms with Crippen LogP contribution in [-0.2, 0) is 4.74 Å². The van der Waals surface area contributed by atoms with Crippen LogP contribution in [0.1, 0.15) is 23.1 Å². The minimum atomic E-state index is -0.0348. The summed E-state index contributed by atoms with van der Waals surface area (Å²) in [6.07, 6.45) is 1.04. The molecule has 0 spiro atoms. The van der Waals surface area contributed by atoms with Crippen molar-refractivity contribution in [1.29, 1.82) is 5.26 Å². The minimum Gasteiger partial charge on any atom is -0.373 e. The van der Waals surface area contributed by atoms with Gasteiger partial charge in [-0.05, 0) is 25.0 Å². The standard InChI is InChI=1S/C15H15ClIN3O/c1-8-11(4-3-9(6-18)13(8)16)14-15(21-2)12-5-10(17)7-20(12)19-14/h3-4,10,12,15H,5,7H2,1-2H3. The first kappa shape index (κ1) is 15.1. The van der Waals surface area contributed by atoms with E-state index in [4.69, 9.17) is 26.7 Å². The number of hydrazone groups is 1. The van der Waals surface area contributed by atoms with Crippen molar-refractivity contribution in [2.75, 3.05) is 13.7 Å². The number of methoxy groups -OCH3 is 1. The van der Waals surface area contributed by atoms with E-state index in [1.54, 1.807) is 13.2 Å². The molecule has 3 rings (SSSR count). The van der Waals surface area contributed by atoms with Crippen LogP contribution in [0, 0.1) is 18.3 Å². The first-order valence-electron chi connectivity index (χ1n) is 6.78. The molecule has 21 heavy (non-hydrogen) atoms. The maximum Gasteiger partial charge on any atom is 0.123 e. The Morgan fingerprint density at radius 2 is 2.29 bits per heavy atom. The molecule has 3 atom stereocenters. The van der Waals surface area contributed by atoms with Gasteiger partial charge in [0, 0.05) is 23.1 Å². The smallest absolute Gasteiger partial charge is 0.123 e. The molecule has 2 aliphatic rings. The molecule has 0 amide bonds. The maximum atomic E-state index is 9.06. The zero-order valence-electron chi connectivity index (χ0n) is 11.8.